The van der Waals surface area contributed by atoms with Gasteiger partial charge in [-0.15, -0.1) is 0 Å². The highest BCUT2D eigenvalue weighted by Crippen LogP contribution is 2.23. The minimum absolute atomic E-state index is 0.232. The van der Waals surface area contributed by atoms with E-state index in [1.807, 2.05) is 24.1 Å². The predicted octanol–water partition coefficient (Wildman–Crippen LogP) is 2.32. The Balaban J connectivity index is 2.70. The van der Waals surface area contributed by atoms with Gasteiger partial charge in [0.2, 0.25) is 0 Å². The summed E-state index contributed by atoms with van der Waals surface area (Å²) in [5.41, 5.74) is 1.54. The first-order valence-electron chi connectivity index (χ1n) is 5.06. The van der Waals surface area contributed by atoms with Gasteiger partial charge < -0.3 is 9.64 Å². The second-order valence-corrected chi connectivity index (χ2v) is 4.38. The number of esters is 1. The van der Waals surface area contributed by atoms with E-state index < -0.39 is 0 Å². The molecule has 0 atom stereocenters. The molecule has 0 spiro atoms. The van der Waals surface area contributed by atoms with E-state index in [4.69, 9.17) is 5.26 Å². The summed E-state index contributed by atoms with van der Waals surface area (Å²) in [6.07, 6.45) is 0.338. The Hall–Kier alpha value is -1.54. The summed E-state index contributed by atoms with van der Waals surface area (Å²) in [5, 5.41) is 8.80. The van der Waals surface area contributed by atoms with Crippen LogP contribution < -0.4 is 4.90 Å². The average Bonchev–Trinajstić information content (AvgIpc) is 2.35. The predicted molar refractivity (Wildman–Crippen MR) is 68.8 cm³/mol. The van der Waals surface area contributed by atoms with Crippen molar-refractivity contribution in [3.8, 4) is 6.07 Å². The molecular weight excluding hydrogens is 284 g/mol. The highest BCUT2D eigenvalue weighted by molar-refractivity contribution is 9.10. The number of ether oxygens (including phenoxy) is 1. The summed E-state index contributed by atoms with van der Waals surface area (Å²) in [5.74, 6) is -0.232. The molecule has 90 valence electrons. The fourth-order valence-corrected chi connectivity index (χ4v) is 1.78. The van der Waals surface area contributed by atoms with Crippen molar-refractivity contribution >= 4 is 27.6 Å². The maximum absolute atomic E-state index is 11.0. The van der Waals surface area contributed by atoms with Crippen molar-refractivity contribution in [2.75, 3.05) is 25.6 Å². The number of carbonyl (C=O) groups is 1. The van der Waals surface area contributed by atoms with Crippen molar-refractivity contribution in [3.05, 3.63) is 28.2 Å². The first kappa shape index (κ1) is 13.5. The number of carbonyl (C=O) groups excluding carboxylic acids is 1. The van der Waals surface area contributed by atoms with E-state index in [2.05, 4.69) is 26.7 Å². The van der Waals surface area contributed by atoms with E-state index in [0.717, 1.165) is 10.2 Å². The zero-order chi connectivity index (χ0) is 12.8. The van der Waals surface area contributed by atoms with Crippen LogP contribution in [-0.4, -0.2) is 26.7 Å². The van der Waals surface area contributed by atoms with Crippen LogP contribution in [0.2, 0.25) is 0 Å². The van der Waals surface area contributed by atoms with E-state index in [0.29, 0.717) is 18.5 Å². The molecule has 0 saturated carbocycles. The zero-order valence-corrected chi connectivity index (χ0v) is 11.3. The molecule has 0 bridgehead atoms. The van der Waals surface area contributed by atoms with Crippen LogP contribution in [0, 0.1) is 11.3 Å². The van der Waals surface area contributed by atoms with E-state index in [1.54, 1.807) is 6.07 Å². The van der Waals surface area contributed by atoms with Crippen LogP contribution in [-0.2, 0) is 9.53 Å². The Bertz CT molecular complexity index is 454. The van der Waals surface area contributed by atoms with Gasteiger partial charge >= 0.3 is 5.97 Å². The van der Waals surface area contributed by atoms with Gasteiger partial charge in [0.15, 0.2) is 0 Å². The van der Waals surface area contributed by atoms with Gasteiger partial charge in [-0.3, -0.25) is 4.79 Å². The van der Waals surface area contributed by atoms with Crippen molar-refractivity contribution in [1.29, 1.82) is 5.26 Å². The number of anilines is 1. The molecule has 0 aliphatic heterocycles. The van der Waals surface area contributed by atoms with E-state index >= 15 is 0 Å². The number of rotatable bonds is 4. The van der Waals surface area contributed by atoms with Gasteiger partial charge in [0.25, 0.3) is 0 Å². The molecule has 0 radical (unpaired) electrons. The molecule has 1 aromatic rings. The monoisotopic (exact) mass is 296 g/mol. The molecule has 0 aromatic heterocycles. The van der Waals surface area contributed by atoms with Gasteiger partial charge in [-0.05, 0) is 34.1 Å². The van der Waals surface area contributed by atoms with E-state index in [-0.39, 0.29) is 5.97 Å². The lowest BCUT2D eigenvalue weighted by molar-refractivity contribution is -0.140. The maximum Gasteiger partial charge on any atom is 0.307 e. The van der Waals surface area contributed by atoms with Crippen molar-refractivity contribution in [3.63, 3.8) is 0 Å². The highest BCUT2D eigenvalue weighted by atomic mass is 79.9. The molecule has 0 N–H and O–H groups in total. The largest absolute Gasteiger partial charge is 0.469 e. The molecule has 0 aliphatic carbocycles. The first-order chi connectivity index (χ1) is 8.08. The lowest BCUT2D eigenvalue weighted by Gasteiger charge is -2.19. The zero-order valence-electron chi connectivity index (χ0n) is 9.74. The lowest BCUT2D eigenvalue weighted by atomic mass is 10.2. The van der Waals surface area contributed by atoms with E-state index in [9.17, 15) is 4.79 Å². The van der Waals surface area contributed by atoms with E-state index in [1.165, 1.54) is 7.11 Å². The molecule has 0 fully saturated rings. The van der Waals surface area contributed by atoms with Crippen LogP contribution in [0.3, 0.4) is 0 Å². The van der Waals surface area contributed by atoms with Crippen LogP contribution in [0.5, 0.6) is 0 Å². The Morgan fingerprint density at radius 2 is 2.29 bits per heavy atom. The Morgan fingerprint density at radius 3 is 2.82 bits per heavy atom. The summed E-state index contributed by atoms with van der Waals surface area (Å²) in [6, 6.07) is 7.53. The minimum atomic E-state index is -0.232. The van der Waals surface area contributed by atoms with Crippen molar-refractivity contribution in [2.24, 2.45) is 0 Å². The number of nitriles is 1. The summed E-state index contributed by atoms with van der Waals surface area (Å²) in [4.78, 5) is 12.9. The van der Waals surface area contributed by atoms with Gasteiger partial charge in [0.05, 0.1) is 19.1 Å². The molecule has 5 heteroatoms. The summed E-state index contributed by atoms with van der Waals surface area (Å²) >= 11 is 3.33. The molecule has 0 saturated heterocycles. The molecule has 1 rings (SSSR count). The number of benzene rings is 1. The minimum Gasteiger partial charge on any atom is -0.469 e. The van der Waals surface area contributed by atoms with Gasteiger partial charge in [-0.2, -0.15) is 5.26 Å². The number of methoxy groups -OCH3 is 1. The van der Waals surface area contributed by atoms with Gasteiger partial charge in [-0.1, -0.05) is 0 Å². The molecule has 0 unspecified atom stereocenters. The summed E-state index contributed by atoms with van der Waals surface area (Å²) in [7, 11) is 3.26. The average molecular weight is 297 g/mol. The fourth-order valence-electron chi connectivity index (χ4n) is 1.32. The third kappa shape index (κ3) is 3.75. The third-order valence-corrected chi connectivity index (χ3v) is 3.05. The summed E-state index contributed by atoms with van der Waals surface area (Å²) < 4.78 is 5.33. The smallest absolute Gasteiger partial charge is 0.307 e. The van der Waals surface area contributed by atoms with Crippen LogP contribution in [0.1, 0.15) is 12.0 Å². The quantitative estimate of drug-likeness (QED) is 0.800. The van der Waals surface area contributed by atoms with Gasteiger partial charge in [-0.25, -0.2) is 0 Å². The number of halogens is 1. The van der Waals surface area contributed by atoms with Gasteiger partial charge in [0, 0.05) is 23.8 Å². The van der Waals surface area contributed by atoms with Gasteiger partial charge in [0.1, 0.15) is 6.07 Å². The second-order valence-electron chi connectivity index (χ2n) is 3.52. The Morgan fingerprint density at radius 1 is 1.59 bits per heavy atom. The highest BCUT2D eigenvalue weighted by Gasteiger charge is 2.07. The first-order valence-corrected chi connectivity index (χ1v) is 5.85. The Labute approximate surface area is 109 Å². The molecule has 17 heavy (non-hydrogen) atoms. The van der Waals surface area contributed by atoms with Crippen molar-refractivity contribution in [2.45, 2.75) is 6.42 Å². The normalized spacial score (nSPS) is 9.53. The van der Waals surface area contributed by atoms with Crippen molar-refractivity contribution in [1.82, 2.24) is 0 Å². The molecule has 0 aliphatic rings. The van der Waals surface area contributed by atoms with Crippen LogP contribution in [0.15, 0.2) is 22.7 Å². The van der Waals surface area contributed by atoms with Crippen LogP contribution in [0.4, 0.5) is 5.69 Å². The molecular formula is C12H13BrN2O2. The second kappa shape index (κ2) is 6.26. The topological polar surface area (TPSA) is 53.3 Å². The molecule has 0 heterocycles. The number of nitrogens with zero attached hydrogens (tertiary/aromatic N) is 2. The maximum atomic E-state index is 11.0. The third-order valence-electron chi connectivity index (χ3n) is 2.39. The van der Waals surface area contributed by atoms with Crippen LogP contribution in [0.25, 0.3) is 0 Å². The molecule has 4 nitrogen and oxygen atoms in total. The number of hydrogen-bond acceptors (Lipinski definition) is 4. The fraction of sp³-hybridized carbons (Fsp3) is 0.333. The van der Waals surface area contributed by atoms with Crippen LogP contribution >= 0.6 is 15.9 Å². The summed E-state index contributed by atoms with van der Waals surface area (Å²) in [6.45, 7) is 0.574. The Kier molecular flexibility index (Phi) is 4.98. The standard InChI is InChI=1S/C12H13BrN2O2/c1-15(6-5-12(16)17-2)10-4-3-9(8-14)11(13)7-10/h3-4,7H,5-6H2,1-2H3. The van der Waals surface area contributed by atoms with Crippen molar-refractivity contribution < 1.29 is 9.53 Å². The number of hydrogen-bond donors (Lipinski definition) is 0. The molecule has 0 amide bonds. The molecule has 1 aromatic carbocycles. The SMILES string of the molecule is COC(=O)CCN(C)c1ccc(C#N)c(Br)c1. The lowest BCUT2D eigenvalue weighted by Crippen LogP contribution is -2.21.